The summed E-state index contributed by atoms with van der Waals surface area (Å²) in [6.07, 6.45) is 1.00. The summed E-state index contributed by atoms with van der Waals surface area (Å²) in [6.45, 7) is 3.62. The standard InChI is InChI=1S/C16H21NO/c1-3-18-11-10-16(17-2)15-9-8-13-6-4-5-7-14(13)12-15/h4-9,12,16-17H,3,10-11H2,1-2H3. The lowest BCUT2D eigenvalue weighted by atomic mass is 10.00. The first-order chi connectivity index (χ1) is 8.85. The third-order valence-corrected chi connectivity index (χ3v) is 3.28. The van der Waals surface area contributed by atoms with Crippen LogP contribution in [0.15, 0.2) is 42.5 Å². The molecule has 2 nitrogen and oxygen atoms in total. The minimum atomic E-state index is 0.362. The van der Waals surface area contributed by atoms with E-state index in [-0.39, 0.29) is 0 Å². The van der Waals surface area contributed by atoms with Crippen LogP contribution in [0.5, 0.6) is 0 Å². The summed E-state index contributed by atoms with van der Waals surface area (Å²) >= 11 is 0. The molecule has 2 aromatic rings. The summed E-state index contributed by atoms with van der Waals surface area (Å²) in [5.74, 6) is 0. The molecule has 0 aliphatic carbocycles. The van der Waals surface area contributed by atoms with E-state index in [1.54, 1.807) is 0 Å². The third-order valence-electron chi connectivity index (χ3n) is 3.28. The van der Waals surface area contributed by atoms with Crippen molar-refractivity contribution in [1.82, 2.24) is 5.32 Å². The van der Waals surface area contributed by atoms with Crippen LogP contribution >= 0.6 is 0 Å². The van der Waals surface area contributed by atoms with Gasteiger partial charge in [-0.25, -0.2) is 0 Å². The Balaban J connectivity index is 2.17. The van der Waals surface area contributed by atoms with Gasteiger partial charge in [-0.15, -0.1) is 0 Å². The van der Waals surface area contributed by atoms with E-state index in [9.17, 15) is 0 Å². The maximum atomic E-state index is 5.43. The van der Waals surface area contributed by atoms with Gasteiger partial charge in [-0.3, -0.25) is 0 Å². The van der Waals surface area contributed by atoms with E-state index >= 15 is 0 Å². The molecule has 2 aromatic carbocycles. The predicted octanol–water partition coefficient (Wildman–Crippen LogP) is 3.53. The van der Waals surface area contributed by atoms with Crippen molar-refractivity contribution in [3.05, 3.63) is 48.0 Å². The molecule has 0 bridgehead atoms. The monoisotopic (exact) mass is 243 g/mol. The lowest BCUT2D eigenvalue weighted by Crippen LogP contribution is -2.18. The van der Waals surface area contributed by atoms with E-state index in [1.165, 1.54) is 16.3 Å². The maximum absolute atomic E-state index is 5.43. The van der Waals surface area contributed by atoms with Crippen LogP contribution in [0.3, 0.4) is 0 Å². The number of hydrogen-bond acceptors (Lipinski definition) is 2. The van der Waals surface area contributed by atoms with Crippen LogP contribution in [-0.2, 0) is 4.74 Å². The molecular formula is C16H21NO. The molecule has 1 N–H and O–H groups in total. The topological polar surface area (TPSA) is 21.3 Å². The molecule has 0 fully saturated rings. The summed E-state index contributed by atoms with van der Waals surface area (Å²) < 4.78 is 5.43. The van der Waals surface area contributed by atoms with E-state index in [2.05, 4.69) is 47.8 Å². The fraction of sp³-hybridized carbons (Fsp3) is 0.375. The molecule has 0 aliphatic heterocycles. The highest BCUT2D eigenvalue weighted by atomic mass is 16.5. The van der Waals surface area contributed by atoms with Crippen molar-refractivity contribution in [3.63, 3.8) is 0 Å². The lowest BCUT2D eigenvalue weighted by molar-refractivity contribution is 0.137. The summed E-state index contributed by atoms with van der Waals surface area (Å²) in [7, 11) is 2.01. The SMILES string of the molecule is CCOCCC(NC)c1ccc2ccccc2c1. The van der Waals surface area contributed by atoms with Crippen molar-refractivity contribution in [2.45, 2.75) is 19.4 Å². The zero-order valence-corrected chi connectivity index (χ0v) is 11.1. The van der Waals surface area contributed by atoms with E-state index in [0.717, 1.165) is 19.6 Å². The molecule has 0 heterocycles. The van der Waals surface area contributed by atoms with Crippen molar-refractivity contribution in [2.75, 3.05) is 20.3 Å². The van der Waals surface area contributed by atoms with Gasteiger partial charge in [-0.1, -0.05) is 36.4 Å². The number of ether oxygens (including phenoxy) is 1. The number of nitrogens with one attached hydrogen (secondary N) is 1. The fourth-order valence-electron chi connectivity index (χ4n) is 2.25. The highest BCUT2D eigenvalue weighted by Crippen LogP contribution is 2.22. The van der Waals surface area contributed by atoms with Gasteiger partial charge < -0.3 is 10.1 Å². The molecule has 96 valence electrons. The molecule has 0 saturated heterocycles. The molecule has 1 unspecified atom stereocenters. The number of fused-ring (bicyclic) bond motifs is 1. The Hall–Kier alpha value is -1.38. The highest BCUT2D eigenvalue weighted by Gasteiger charge is 2.09. The molecule has 18 heavy (non-hydrogen) atoms. The first-order valence-electron chi connectivity index (χ1n) is 6.59. The average molecular weight is 243 g/mol. The summed E-state index contributed by atoms with van der Waals surface area (Å²) in [6, 6.07) is 15.5. The fourth-order valence-corrected chi connectivity index (χ4v) is 2.25. The second-order valence-corrected chi connectivity index (χ2v) is 4.43. The minimum absolute atomic E-state index is 0.362. The molecule has 0 radical (unpaired) electrons. The van der Waals surface area contributed by atoms with Crippen LogP contribution < -0.4 is 5.32 Å². The van der Waals surface area contributed by atoms with Gasteiger partial charge in [-0.05, 0) is 42.8 Å². The largest absolute Gasteiger partial charge is 0.382 e. The molecular weight excluding hydrogens is 222 g/mol. The number of hydrogen-bond donors (Lipinski definition) is 1. The molecule has 0 amide bonds. The van der Waals surface area contributed by atoms with Crippen LogP contribution in [-0.4, -0.2) is 20.3 Å². The maximum Gasteiger partial charge on any atom is 0.0484 e. The Morgan fingerprint density at radius 1 is 1.11 bits per heavy atom. The van der Waals surface area contributed by atoms with Gasteiger partial charge >= 0.3 is 0 Å². The van der Waals surface area contributed by atoms with Crippen molar-refractivity contribution < 1.29 is 4.74 Å². The molecule has 0 saturated carbocycles. The molecule has 0 aliphatic rings. The van der Waals surface area contributed by atoms with Gasteiger partial charge in [0.2, 0.25) is 0 Å². The van der Waals surface area contributed by atoms with Crippen LogP contribution in [0.25, 0.3) is 10.8 Å². The summed E-state index contributed by atoms with van der Waals surface area (Å²) in [5, 5.41) is 5.95. The van der Waals surface area contributed by atoms with E-state index in [0.29, 0.717) is 6.04 Å². The Kier molecular flexibility index (Phi) is 4.73. The summed E-state index contributed by atoms with van der Waals surface area (Å²) in [4.78, 5) is 0. The van der Waals surface area contributed by atoms with Gasteiger partial charge in [0.1, 0.15) is 0 Å². The van der Waals surface area contributed by atoms with Gasteiger partial charge in [0.25, 0.3) is 0 Å². The van der Waals surface area contributed by atoms with Crippen molar-refractivity contribution >= 4 is 10.8 Å². The molecule has 0 aromatic heterocycles. The number of benzene rings is 2. The third kappa shape index (κ3) is 3.09. The zero-order chi connectivity index (χ0) is 12.8. The second kappa shape index (κ2) is 6.53. The Bertz CT molecular complexity index is 495. The number of rotatable bonds is 6. The first-order valence-corrected chi connectivity index (χ1v) is 6.59. The van der Waals surface area contributed by atoms with Crippen molar-refractivity contribution in [2.24, 2.45) is 0 Å². The molecule has 2 heteroatoms. The second-order valence-electron chi connectivity index (χ2n) is 4.43. The van der Waals surface area contributed by atoms with Crippen molar-refractivity contribution in [3.8, 4) is 0 Å². The smallest absolute Gasteiger partial charge is 0.0484 e. The first kappa shape index (κ1) is 13.1. The van der Waals surface area contributed by atoms with E-state index < -0.39 is 0 Å². The zero-order valence-electron chi connectivity index (χ0n) is 11.1. The van der Waals surface area contributed by atoms with Crippen LogP contribution in [0.1, 0.15) is 24.9 Å². The average Bonchev–Trinajstić information content (AvgIpc) is 2.43. The van der Waals surface area contributed by atoms with Gasteiger partial charge in [0.05, 0.1) is 0 Å². The molecule has 1 atom stereocenters. The van der Waals surface area contributed by atoms with Gasteiger partial charge in [0.15, 0.2) is 0 Å². The molecule has 2 rings (SSSR count). The lowest BCUT2D eigenvalue weighted by Gasteiger charge is -2.17. The Morgan fingerprint density at radius 3 is 2.61 bits per heavy atom. The van der Waals surface area contributed by atoms with Crippen LogP contribution in [0.4, 0.5) is 0 Å². The van der Waals surface area contributed by atoms with Crippen LogP contribution in [0.2, 0.25) is 0 Å². The van der Waals surface area contributed by atoms with E-state index in [1.807, 2.05) is 14.0 Å². The van der Waals surface area contributed by atoms with Crippen molar-refractivity contribution in [1.29, 1.82) is 0 Å². The van der Waals surface area contributed by atoms with Gasteiger partial charge in [0, 0.05) is 19.3 Å². The highest BCUT2D eigenvalue weighted by molar-refractivity contribution is 5.83. The molecule has 0 spiro atoms. The van der Waals surface area contributed by atoms with Gasteiger partial charge in [-0.2, -0.15) is 0 Å². The Labute approximate surface area is 109 Å². The minimum Gasteiger partial charge on any atom is -0.382 e. The van der Waals surface area contributed by atoms with E-state index in [4.69, 9.17) is 4.74 Å². The van der Waals surface area contributed by atoms with Crippen LogP contribution in [0, 0.1) is 0 Å². The Morgan fingerprint density at radius 2 is 1.89 bits per heavy atom. The normalized spacial score (nSPS) is 12.8. The summed E-state index contributed by atoms with van der Waals surface area (Å²) in [5.41, 5.74) is 1.33. The quantitative estimate of drug-likeness (QED) is 0.784. The predicted molar refractivity (Wildman–Crippen MR) is 76.9 cm³/mol.